The Bertz CT molecular complexity index is 998. The van der Waals surface area contributed by atoms with Gasteiger partial charge in [-0.1, -0.05) is 30.3 Å². The molecule has 30 heavy (non-hydrogen) atoms. The summed E-state index contributed by atoms with van der Waals surface area (Å²) in [4.78, 5) is 13.1. The lowest BCUT2D eigenvalue weighted by atomic mass is 10.0. The molecule has 1 aliphatic rings. The molecule has 0 aliphatic carbocycles. The lowest BCUT2D eigenvalue weighted by Gasteiger charge is -2.21. The van der Waals surface area contributed by atoms with Crippen molar-refractivity contribution in [2.24, 2.45) is 5.10 Å². The van der Waals surface area contributed by atoms with Gasteiger partial charge < -0.3 is 14.5 Å². The minimum atomic E-state index is -0.251. The first-order chi connectivity index (χ1) is 14.7. The highest BCUT2D eigenvalue weighted by molar-refractivity contribution is 6.03. The van der Waals surface area contributed by atoms with Crippen LogP contribution < -0.4 is 10.1 Å². The predicted octanol–water partition coefficient (Wildman–Crippen LogP) is 4.32. The maximum atomic E-state index is 13.1. The quantitative estimate of drug-likeness (QED) is 0.638. The number of hydrogen-bond acceptors (Lipinski definition) is 5. The van der Waals surface area contributed by atoms with Crippen LogP contribution >= 0.6 is 0 Å². The molecule has 0 unspecified atom stereocenters. The third-order valence-corrected chi connectivity index (χ3v) is 5.32. The molecule has 4 rings (SSSR count). The van der Waals surface area contributed by atoms with Crippen LogP contribution in [0.1, 0.15) is 42.3 Å². The number of hydrogen-bond donors (Lipinski definition) is 1. The maximum Gasteiger partial charge on any atom is 0.257 e. The topological polar surface area (TPSA) is 67.1 Å². The van der Waals surface area contributed by atoms with Gasteiger partial charge in [0.1, 0.15) is 17.6 Å². The smallest absolute Gasteiger partial charge is 0.257 e. The van der Waals surface area contributed by atoms with E-state index < -0.39 is 0 Å². The molecule has 1 N–H and O–H groups in total. The Morgan fingerprint density at radius 3 is 2.60 bits per heavy atom. The third-order valence-electron chi connectivity index (χ3n) is 5.32. The van der Waals surface area contributed by atoms with Crippen molar-refractivity contribution >= 4 is 11.6 Å². The van der Waals surface area contributed by atoms with Gasteiger partial charge in [0.15, 0.2) is 0 Å². The molecule has 2 aromatic carbocycles. The van der Waals surface area contributed by atoms with Gasteiger partial charge in [-0.05, 0) is 54.4 Å². The first-order valence-corrected chi connectivity index (χ1v) is 10.0. The zero-order chi connectivity index (χ0) is 20.9. The van der Waals surface area contributed by atoms with Gasteiger partial charge in [0.05, 0.1) is 25.6 Å². The minimum absolute atomic E-state index is 0.0601. The molecule has 0 saturated carbocycles. The Morgan fingerprint density at radius 2 is 1.93 bits per heavy atom. The average Bonchev–Trinajstić information content (AvgIpc) is 3.48. The number of furan rings is 1. The lowest BCUT2D eigenvalue weighted by molar-refractivity contribution is -0.132. The highest BCUT2D eigenvalue weighted by Gasteiger charge is 2.34. The van der Waals surface area contributed by atoms with E-state index in [9.17, 15) is 4.79 Å². The molecule has 2 atom stereocenters. The number of rotatable bonds is 7. The van der Waals surface area contributed by atoms with E-state index in [1.807, 2.05) is 73.7 Å². The first-order valence-electron chi connectivity index (χ1n) is 10.0. The summed E-state index contributed by atoms with van der Waals surface area (Å²) in [6, 6.07) is 21.3. The van der Waals surface area contributed by atoms with Gasteiger partial charge in [0.2, 0.25) is 0 Å². The molecule has 3 aromatic rings. The number of amides is 1. The second-order valence-electron chi connectivity index (χ2n) is 7.26. The molecule has 6 heteroatoms. The monoisotopic (exact) mass is 403 g/mol. The molecule has 154 valence electrons. The highest BCUT2D eigenvalue weighted by atomic mass is 16.5. The van der Waals surface area contributed by atoms with Gasteiger partial charge >= 0.3 is 0 Å². The molecule has 6 nitrogen and oxygen atoms in total. The number of carbonyl (C=O) groups excluding carboxylic acids is 1. The lowest BCUT2D eigenvalue weighted by Crippen LogP contribution is -2.36. The van der Waals surface area contributed by atoms with Gasteiger partial charge in [-0.2, -0.15) is 5.10 Å². The van der Waals surface area contributed by atoms with Gasteiger partial charge in [-0.25, -0.2) is 5.01 Å². The highest BCUT2D eigenvalue weighted by Crippen LogP contribution is 2.33. The summed E-state index contributed by atoms with van der Waals surface area (Å²) in [6.07, 6.45) is 2.22. The molecular formula is C24H25N3O3. The van der Waals surface area contributed by atoms with E-state index in [1.54, 1.807) is 18.4 Å². The van der Waals surface area contributed by atoms with E-state index in [4.69, 9.17) is 9.15 Å². The Morgan fingerprint density at radius 1 is 1.17 bits per heavy atom. The molecule has 1 aliphatic heterocycles. The molecular weight excluding hydrogens is 378 g/mol. The molecule has 1 amide bonds. The zero-order valence-electron chi connectivity index (χ0n) is 17.1. The van der Waals surface area contributed by atoms with Crippen molar-refractivity contribution < 1.29 is 13.9 Å². The van der Waals surface area contributed by atoms with Crippen molar-refractivity contribution in [1.82, 2.24) is 10.3 Å². The van der Waals surface area contributed by atoms with Crippen molar-refractivity contribution in [2.75, 3.05) is 13.7 Å². The Hall–Kier alpha value is -3.38. The summed E-state index contributed by atoms with van der Waals surface area (Å²) < 4.78 is 10.8. The molecule has 0 radical (unpaired) electrons. The number of hydrazone groups is 1. The molecule has 0 fully saturated rings. The largest absolute Gasteiger partial charge is 0.497 e. The second kappa shape index (κ2) is 8.97. The van der Waals surface area contributed by atoms with E-state index in [0.717, 1.165) is 28.3 Å². The minimum Gasteiger partial charge on any atom is -0.497 e. The fourth-order valence-electron chi connectivity index (χ4n) is 3.58. The van der Waals surface area contributed by atoms with Crippen molar-refractivity contribution in [1.29, 1.82) is 0 Å². The summed E-state index contributed by atoms with van der Waals surface area (Å²) in [5, 5.41) is 9.51. The van der Waals surface area contributed by atoms with Gasteiger partial charge in [0.25, 0.3) is 5.91 Å². The number of ether oxygens (including phenoxy) is 1. The van der Waals surface area contributed by atoms with Gasteiger partial charge in [0, 0.05) is 12.5 Å². The van der Waals surface area contributed by atoms with Crippen LogP contribution in [0.5, 0.6) is 5.75 Å². The van der Waals surface area contributed by atoms with Crippen LogP contribution in [0.4, 0.5) is 0 Å². The molecule has 0 bridgehead atoms. The van der Waals surface area contributed by atoms with Gasteiger partial charge in [-0.3, -0.25) is 4.79 Å². The second-order valence-corrected chi connectivity index (χ2v) is 7.26. The Balaban J connectivity index is 1.51. The molecule has 2 heterocycles. The van der Waals surface area contributed by atoms with E-state index >= 15 is 0 Å². The van der Waals surface area contributed by atoms with Crippen LogP contribution in [-0.2, 0) is 4.79 Å². The summed E-state index contributed by atoms with van der Waals surface area (Å²) in [5.74, 6) is 1.42. The molecule has 1 aromatic heterocycles. The third kappa shape index (κ3) is 4.28. The van der Waals surface area contributed by atoms with Crippen LogP contribution in [0, 0.1) is 0 Å². The summed E-state index contributed by atoms with van der Waals surface area (Å²) in [6.45, 7) is 2.23. The number of benzene rings is 2. The van der Waals surface area contributed by atoms with E-state index in [2.05, 4.69) is 10.4 Å². The van der Waals surface area contributed by atoms with Gasteiger partial charge in [-0.15, -0.1) is 0 Å². The first kappa shape index (κ1) is 19.9. The number of methoxy groups -OCH3 is 1. The van der Waals surface area contributed by atoms with Crippen molar-refractivity contribution in [3.05, 3.63) is 89.9 Å². The fourth-order valence-corrected chi connectivity index (χ4v) is 3.58. The SMILES string of the molecule is COc1ccc(C2=NN(C(=O)CN[C@H](C)c3ccccc3)[C@H](c3ccco3)C2)cc1. The molecule has 0 spiro atoms. The van der Waals surface area contributed by atoms with Crippen LogP contribution in [0.2, 0.25) is 0 Å². The van der Waals surface area contributed by atoms with Crippen LogP contribution in [0.3, 0.4) is 0 Å². The Kier molecular flexibility index (Phi) is 5.95. The number of carbonyl (C=O) groups is 1. The van der Waals surface area contributed by atoms with E-state index in [0.29, 0.717) is 6.42 Å². The fraction of sp³-hybridized carbons (Fsp3) is 0.250. The van der Waals surface area contributed by atoms with Crippen molar-refractivity contribution in [3.8, 4) is 5.75 Å². The summed E-state index contributed by atoms with van der Waals surface area (Å²) >= 11 is 0. The van der Waals surface area contributed by atoms with Crippen LogP contribution in [0.15, 0.2) is 82.5 Å². The number of nitrogens with zero attached hydrogens (tertiary/aromatic N) is 2. The Labute approximate surface area is 176 Å². The van der Waals surface area contributed by atoms with E-state index in [1.165, 1.54) is 0 Å². The molecule has 0 saturated heterocycles. The van der Waals surface area contributed by atoms with Crippen LogP contribution in [-0.4, -0.2) is 30.3 Å². The predicted molar refractivity (Wildman–Crippen MR) is 115 cm³/mol. The summed E-state index contributed by atoms with van der Waals surface area (Å²) in [5.41, 5.74) is 2.95. The van der Waals surface area contributed by atoms with Crippen molar-refractivity contribution in [3.63, 3.8) is 0 Å². The number of nitrogens with one attached hydrogen (secondary N) is 1. The van der Waals surface area contributed by atoms with Crippen LogP contribution in [0.25, 0.3) is 0 Å². The standard InChI is InChI=1S/C24H25N3O3/c1-17(18-7-4-3-5-8-18)25-16-24(28)27-22(23-9-6-14-30-23)15-21(26-27)19-10-12-20(29-2)13-11-19/h3-14,17,22,25H,15-16H2,1-2H3/t17-,22+/m1/s1. The zero-order valence-corrected chi connectivity index (χ0v) is 17.1. The maximum absolute atomic E-state index is 13.1. The normalized spacial score (nSPS) is 16.9. The van der Waals surface area contributed by atoms with E-state index in [-0.39, 0.29) is 24.5 Å². The summed E-state index contributed by atoms with van der Waals surface area (Å²) in [7, 11) is 1.64. The average molecular weight is 403 g/mol. The van der Waals surface area contributed by atoms with Crippen molar-refractivity contribution in [2.45, 2.75) is 25.4 Å².